The van der Waals surface area contributed by atoms with E-state index >= 15 is 0 Å². The Hall–Kier alpha value is -4.68. The highest BCUT2D eigenvalue weighted by atomic mass is 35.5. The molecule has 1 aliphatic rings. The van der Waals surface area contributed by atoms with Gasteiger partial charge < -0.3 is 10.1 Å². The highest BCUT2D eigenvalue weighted by Gasteiger charge is 2.33. The maximum absolute atomic E-state index is 14.2. The van der Waals surface area contributed by atoms with Gasteiger partial charge >= 0.3 is 0 Å². The summed E-state index contributed by atoms with van der Waals surface area (Å²) >= 11 is 6.40. The maximum Gasteiger partial charge on any atom is 0.280 e. The van der Waals surface area contributed by atoms with Crippen LogP contribution in [-0.2, 0) is 6.42 Å². The number of carbonyl (C=O) groups excluding carboxylic acids is 1. The van der Waals surface area contributed by atoms with Gasteiger partial charge in [0, 0.05) is 34.5 Å². The van der Waals surface area contributed by atoms with Crippen molar-refractivity contribution in [2.75, 3.05) is 12.4 Å². The van der Waals surface area contributed by atoms with Gasteiger partial charge in [-0.2, -0.15) is 9.78 Å². The van der Waals surface area contributed by atoms with E-state index in [9.17, 15) is 4.79 Å². The lowest BCUT2D eigenvalue weighted by Crippen LogP contribution is -2.26. The van der Waals surface area contributed by atoms with Crippen molar-refractivity contribution in [3.8, 4) is 28.1 Å². The summed E-state index contributed by atoms with van der Waals surface area (Å²) in [4.78, 5) is 18.6. The van der Waals surface area contributed by atoms with Crippen LogP contribution >= 0.6 is 11.6 Å². The van der Waals surface area contributed by atoms with Gasteiger partial charge in [-0.05, 0) is 47.5 Å². The van der Waals surface area contributed by atoms with E-state index in [-0.39, 0.29) is 5.91 Å². The quantitative estimate of drug-likeness (QED) is 0.262. The molecule has 0 fully saturated rings. The molecule has 5 aromatic rings. The van der Waals surface area contributed by atoms with Crippen molar-refractivity contribution in [1.29, 1.82) is 0 Å². The minimum atomic E-state index is -0.222. The van der Waals surface area contributed by atoms with Crippen molar-refractivity contribution in [3.05, 3.63) is 125 Å². The fourth-order valence-corrected chi connectivity index (χ4v) is 4.96. The summed E-state index contributed by atoms with van der Waals surface area (Å²) in [6, 6.07) is 30.6. The normalized spacial score (nSPS) is 12.8. The molecular formula is C31H23ClN4O2. The number of aromatic nitrogens is 3. The Kier molecular flexibility index (Phi) is 6.23. The van der Waals surface area contributed by atoms with Crippen molar-refractivity contribution < 1.29 is 9.53 Å². The summed E-state index contributed by atoms with van der Waals surface area (Å²) < 4.78 is 6.86. The number of nitrogens with one attached hydrogen (secondary N) is 1. The zero-order chi connectivity index (χ0) is 26.1. The lowest BCUT2D eigenvalue weighted by Gasteiger charge is -2.23. The monoisotopic (exact) mass is 518 g/mol. The number of methoxy groups -OCH3 is 1. The molecule has 1 N–H and O–H groups in total. The Labute approximate surface area is 225 Å². The van der Waals surface area contributed by atoms with E-state index in [1.165, 1.54) is 4.68 Å². The van der Waals surface area contributed by atoms with Crippen LogP contribution in [0, 0.1) is 0 Å². The number of benzene rings is 3. The van der Waals surface area contributed by atoms with Gasteiger partial charge in [0.05, 0.1) is 18.4 Å². The van der Waals surface area contributed by atoms with E-state index in [2.05, 4.69) is 10.3 Å². The molecule has 6 rings (SSSR count). The van der Waals surface area contributed by atoms with Crippen molar-refractivity contribution in [3.63, 3.8) is 0 Å². The average molecular weight is 519 g/mol. The highest BCUT2D eigenvalue weighted by Crippen LogP contribution is 2.40. The third kappa shape index (κ3) is 4.35. The van der Waals surface area contributed by atoms with Crippen LogP contribution in [0.4, 0.5) is 5.82 Å². The van der Waals surface area contributed by atoms with Crippen molar-refractivity contribution in [1.82, 2.24) is 14.8 Å². The van der Waals surface area contributed by atoms with E-state index < -0.39 is 0 Å². The molecule has 2 aromatic heterocycles. The summed E-state index contributed by atoms with van der Waals surface area (Å²) in [5.41, 5.74) is 6.25. The molecule has 38 heavy (non-hydrogen) atoms. The summed E-state index contributed by atoms with van der Waals surface area (Å²) in [5, 5.41) is 8.91. The molecule has 3 aromatic carbocycles. The first-order valence-corrected chi connectivity index (χ1v) is 12.5. The maximum atomic E-state index is 14.2. The van der Waals surface area contributed by atoms with E-state index in [1.54, 1.807) is 13.3 Å². The molecule has 0 atom stereocenters. The molecule has 0 saturated carbocycles. The SMILES string of the molecule is COc1ccc(C2=C(Nc3ccccn3)Cc3c(-c4cccc(Cl)c4)c(-c4ccccc4)nn3C2=O)cc1. The first-order chi connectivity index (χ1) is 18.6. The summed E-state index contributed by atoms with van der Waals surface area (Å²) in [6.45, 7) is 0. The summed E-state index contributed by atoms with van der Waals surface area (Å²) in [7, 11) is 1.62. The fraction of sp³-hybridized carbons (Fsp3) is 0.0645. The van der Waals surface area contributed by atoms with E-state index in [4.69, 9.17) is 21.4 Å². The molecule has 0 amide bonds. The van der Waals surface area contributed by atoms with Crippen molar-refractivity contribution in [2.45, 2.75) is 6.42 Å². The minimum absolute atomic E-state index is 0.222. The number of pyridine rings is 1. The first-order valence-electron chi connectivity index (χ1n) is 12.2. The average Bonchev–Trinajstić information content (AvgIpc) is 3.34. The van der Waals surface area contributed by atoms with Gasteiger partial charge in [0.1, 0.15) is 17.3 Å². The van der Waals surface area contributed by atoms with Gasteiger partial charge in [-0.1, -0.05) is 72.3 Å². The van der Waals surface area contributed by atoms with Crippen molar-refractivity contribution in [2.24, 2.45) is 0 Å². The fourth-order valence-electron chi connectivity index (χ4n) is 4.77. The van der Waals surface area contributed by atoms with Crippen LogP contribution in [0.15, 0.2) is 109 Å². The lowest BCUT2D eigenvalue weighted by atomic mass is 9.92. The largest absolute Gasteiger partial charge is 0.497 e. The summed E-state index contributed by atoms with van der Waals surface area (Å²) in [5.74, 6) is 1.15. The van der Waals surface area contributed by atoms with Crippen molar-refractivity contribution >= 4 is 28.9 Å². The number of hydrogen-bond donors (Lipinski definition) is 1. The van der Waals surface area contributed by atoms with Gasteiger partial charge in [0.2, 0.25) is 0 Å². The molecule has 0 bridgehead atoms. The zero-order valence-electron chi connectivity index (χ0n) is 20.6. The second-order valence-electron chi connectivity index (χ2n) is 8.86. The van der Waals surface area contributed by atoms with Gasteiger partial charge in [0.25, 0.3) is 5.91 Å². The molecule has 0 radical (unpaired) electrons. The van der Waals surface area contributed by atoms with Crippen LogP contribution in [0.25, 0.3) is 28.0 Å². The molecule has 0 aliphatic carbocycles. The lowest BCUT2D eigenvalue weighted by molar-refractivity contribution is 0.0958. The Bertz CT molecular complexity index is 1660. The van der Waals surface area contributed by atoms with Crippen LogP contribution in [-0.4, -0.2) is 27.8 Å². The molecular weight excluding hydrogens is 496 g/mol. The first kappa shape index (κ1) is 23.7. The Morgan fingerprint density at radius 3 is 2.34 bits per heavy atom. The smallest absolute Gasteiger partial charge is 0.280 e. The van der Waals surface area contributed by atoms with Crippen LogP contribution in [0.5, 0.6) is 5.75 Å². The van der Waals surface area contributed by atoms with E-state index in [0.29, 0.717) is 28.6 Å². The number of hydrogen-bond acceptors (Lipinski definition) is 5. The molecule has 186 valence electrons. The molecule has 7 heteroatoms. The number of anilines is 1. The zero-order valence-corrected chi connectivity index (χ0v) is 21.3. The highest BCUT2D eigenvalue weighted by molar-refractivity contribution is 6.31. The third-order valence-electron chi connectivity index (χ3n) is 6.52. The number of rotatable bonds is 6. The summed E-state index contributed by atoms with van der Waals surface area (Å²) in [6.07, 6.45) is 2.15. The predicted molar refractivity (Wildman–Crippen MR) is 150 cm³/mol. The second-order valence-corrected chi connectivity index (χ2v) is 9.30. The van der Waals surface area contributed by atoms with Gasteiger partial charge in [-0.25, -0.2) is 4.98 Å². The molecule has 6 nitrogen and oxygen atoms in total. The van der Waals surface area contributed by atoms with E-state index in [0.717, 1.165) is 39.3 Å². The number of nitrogens with zero attached hydrogens (tertiary/aromatic N) is 3. The molecule has 0 saturated heterocycles. The van der Waals surface area contributed by atoms with Gasteiger partial charge in [-0.15, -0.1) is 0 Å². The number of halogens is 1. The molecule has 0 unspecified atom stereocenters. The molecule has 1 aliphatic heterocycles. The Morgan fingerprint density at radius 1 is 0.868 bits per heavy atom. The van der Waals surface area contributed by atoms with Crippen LogP contribution in [0.1, 0.15) is 16.1 Å². The topological polar surface area (TPSA) is 69.0 Å². The number of allylic oxidation sites excluding steroid dienone is 2. The second kappa shape index (κ2) is 10.00. The Balaban J connectivity index is 1.57. The number of carbonyl (C=O) groups is 1. The van der Waals surface area contributed by atoms with Crippen LogP contribution < -0.4 is 10.1 Å². The van der Waals surface area contributed by atoms with Gasteiger partial charge in [0.15, 0.2) is 0 Å². The predicted octanol–water partition coefficient (Wildman–Crippen LogP) is 6.99. The third-order valence-corrected chi connectivity index (χ3v) is 6.75. The number of fused-ring (bicyclic) bond motifs is 1. The van der Waals surface area contributed by atoms with Crippen LogP contribution in [0.3, 0.4) is 0 Å². The number of ether oxygens (including phenoxy) is 1. The minimum Gasteiger partial charge on any atom is -0.497 e. The Morgan fingerprint density at radius 2 is 1.63 bits per heavy atom. The van der Waals surface area contributed by atoms with E-state index in [1.807, 2.05) is 97.1 Å². The standard InChI is InChI=1S/C31H23ClN4O2/c1-38-24-15-13-20(14-16-24)28-25(34-27-12-5-6-17-33-27)19-26-29(22-10-7-11-23(32)18-22)30(35-36(26)31(28)37)21-8-3-2-4-9-21/h2-18H,19H2,1H3,(H,33,34). The molecule has 0 spiro atoms. The molecule has 3 heterocycles. The van der Waals surface area contributed by atoms with Gasteiger partial charge in [-0.3, -0.25) is 4.79 Å². The van der Waals surface area contributed by atoms with Crippen LogP contribution in [0.2, 0.25) is 5.02 Å².